The molecule has 3 aliphatic rings. The maximum atomic E-state index is 9.31. The van der Waals surface area contributed by atoms with Gasteiger partial charge in [-0.05, 0) is 25.7 Å². The number of rotatable bonds is 7. The van der Waals surface area contributed by atoms with Gasteiger partial charge < -0.3 is 20.6 Å². The molecular weight excluding hydrogens is 424 g/mol. The highest BCUT2D eigenvalue weighted by molar-refractivity contribution is 8.00. The van der Waals surface area contributed by atoms with Crippen LogP contribution < -0.4 is 10.6 Å². The fourth-order valence-corrected chi connectivity index (χ4v) is 6.48. The maximum Gasteiger partial charge on any atom is 0.227 e. The molecule has 2 aromatic heterocycles. The van der Waals surface area contributed by atoms with Gasteiger partial charge in [0.05, 0.1) is 29.4 Å². The van der Waals surface area contributed by atoms with E-state index in [0.29, 0.717) is 47.4 Å². The quantitative estimate of drug-likeness (QED) is 0.473. The van der Waals surface area contributed by atoms with Gasteiger partial charge in [-0.15, -0.1) is 11.8 Å². The molecule has 5 rings (SSSR count). The number of H-pyrrole nitrogens is 1. The summed E-state index contributed by atoms with van der Waals surface area (Å²) in [5, 5.41) is 23.8. The lowest BCUT2D eigenvalue weighted by atomic mass is 9.82. The third kappa shape index (κ3) is 4.42. The van der Waals surface area contributed by atoms with E-state index in [1.54, 1.807) is 17.8 Å². The van der Waals surface area contributed by atoms with E-state index in [2.05, 4.69) is 37.5 Å². The van der Waals surface area contributed by atoms with Crippen LogP contribution in [0.3, 0.4) is 0 Å². The van der Waals surface area contributed by atoms with E-state index in [-0.39, 0.29) is 6.61 Å². The molecule has 4 N–H and O–H groups in total. The lowest BCUT2D eigenvalue weighted by Crippen LogP contribution is -2.55. The van der Waals surface area contributed by atoms with Crippen LogP contribution in [0.2, 0.25) is 0 Å². The summed E-state index contributed by atoms with van der Waals surface area (Å²) in [5.41, 5.74) is 1.74. The van der Waals surface area contributed by atoms with Gasteiger partial charge in [0.25, 0.3) is 0 Å². The fraction of sp³-hybridized carbons (Fsp3) is 0.636. The molecule has 0 spiro atoms. The largest absolute Gasteiger partial charge is 0.390 e. The van der Waals surface area contributed by atoms with Gasteiger partial charge in [-0.1, -0.05) is 13.3 Å². The Morgan fingerprint density at radius 1 is 1.31 bits per heavy atom. The molecule has 3 aliphatic heterocycles. The monoisotopic (exact) mass is 454 g/mol. The van der Waals surface area contributed by atoms with Gasteiger partial charge in [0.15, 0.2) is 11.6 Å². The second-order valence-electron chi connectivity index (χ2n) is 9.04. The van der Waals surface area contributed by atoms with Crippen LogP contribution in [0.4, 0.5) is 17.6 Å². The van der Waals surface area contributed by atoms with Crippen LogP contribution in [-0.2, 0) is 13.0 Å². The van der Waals surface area contributed by atoms with Gasteiger partial charge in [-0.3, -0.25) is 10.00 Å². The van der Waals surface area contributed by atoms with Gasteiger partial charge in [-0.2, -0.15) is 10.1 Å². The van der Waals surface area contributed by atoms with E-state index in [1.165, 1.54) is 19.3 Å². The Morgan fingerprint density at radius 3 is 2.84 bits per heavy atom. The first-order valence-corrected chi connectivity index (χ1v) is 12.4. The molecule has 0 aliphatic carbocycles. The predicted octanol–water partition coefficient (Wildman–Crippen LogP) is 3.19. The number of thioether (sulfide) groups is 1. The molecule has 2 aromatic rings. The molecule has 2 saturated heterocycles. The number of aromatic amines is 1. The number of fused-ring (bicyclic) bond motifs is 3. The van der Waals surface area contributed by atoms with Crippen molar-refractivity contribution in [2.75, 3.05) is 23.7 Å². The summed E-state index contributed by atoms with van der Waals surface area (Å²) in [5.74, 6) is 2.10. The third-order valence-corrected chi connectivity index (χ3v) is 7.95. The van der Waals surface area contributed by atoms with Crippen molar-refractivity contribution in [3.63, 3.8) is 0 Å². The van der Waals surface area contributed by atoms with Gasteiger partial charge in [0, 0.05) is 35.9 Å². The minimum absolute atomic E-state index is 0.0773. The normalized spacial score (nSPS) is 27.0. The number of aliphatic hydroxyl groups excluding tert-OH is 1. The van der Waals surface area contributed by atoms with Crippen LogP contribution >= 0.6 is 11.8 Å². The average molecular weight is 455 g/mol. The van der Waals surface area contributed by atoms with Crippen molar-refractivity contribution >= 4 is 29.3 Å². The van der Waals surface area contributed by atoms with E-state index < -0.39 is 0 Å². The van der Waals surface area contributed by atoms with Crippen molar-refractivity contribution in [2.45, 2.75) is 80.3 Å². The van der Waals surface area contributed by atoms with Crippen LogP contribution in [0.5, 0.6) is 0 Å². The Kier molecular flexibility index (Phi) is 6.22. The minimum atomic E-state index is -0.0773. The topological polar surface area (TPSA) is 106 Å². The van der Waals surface area contributed by atoms with E-state index in [1.807, 2.05) is 0 Å². The lowest BCUT2D eigenvalue weighted by Gasteiger charge is -2.48. The van der Waals surface area contributed by atoms with E-state index in [9.17, 15) is 5.11 Å². The zero-order valence-corrected chi connectivity index (χ0v) is 19.2. The number of anilines is 3. The molecule has 0 radical (unpaired) electrons. The predicted molar refractivity (Wildman–Crippen MR) is 125 cm³/mol. The zero-order chi connectivity index (χ0) is 22.1. The molecule has 2 unspecified atom stereocenters. The SMILES string of the molecule is [C-]#[N+]CCN1[C@@H]2CCC[C@H]1CC(Nc1nc3c(c(Nc4cc(CO)[nH]n4)n1)SC(C)C3)C2. The maximum absolute atomic E-state index is 9.31. The second-order valence-corrected chi connectivity index (χ2v) is 10.5. The van der Waals surface area contributed by atoms with E-state index in [4.69, 9.17) is 16.5 Å². The Morgan fingerprint density at radius 2 is 2.12 bits per heavy atom. The number of hydrogen-bond donors (Lipinski definition) is 4. The van der Waals surface area contributed by atoms with Crippen molar-refractivity contribution in [1.29, 1.82) is 0 Å². The molecule has 0 aromatic carbocycles. The van der Waals surface area contributed by atoms with Gasteiger partial charge in [0.2, 0.25) is 12.5 Å². The molecular formula is C22H30N8OS. The standard InChI is InChI=1S/C22H30N8OS/c1-13-8-18-20(32-13)21(26-19-11-15(12-31)28-29-19)27-22(25-18)24-14-9-16-4-3-5-17(10-14)30(16)7-6-23-2/h11,13-14,16-17,31H,3-10,12H2,1H3,(H3,24,25,26,27,28,29)/t13?,14?,16-,17+. The number of aliphatic hydroxyl groups is 1. The smallest absolute Gasteiger partial charge is 0.227 e. The highest BCUT2D eigenvalue weighted by Crippen LogP contribution is 2.42. The van der Waals surface area contributed by atoms with Crippen molar-refractivity contribution in [1.82, 2.24) is 25.1 Å². The third-order valence-electron chi connectivity index (χ3n) is 6.71. The summed E-state index contributed by atoms with van der Waals surface area (Å²) in [7, 11) is 0. The number of aromatic nitrogens is 4. The first-order chi connectivity index (χ1) is 15.6. The number of nitrogens with one attached hydrogen (secondary N) is 3. The Balaban J connectivity index is 1.34. The number of hydrogen-bond acceptors (Lipinski definition) is 8. The van der Waals surface area contributed by atoms with Crippen molar-refractivity contribution in [3.05, 3.63) is 28.9 Å². The van der Waals surface area contributed by atoms with Crippen molar-refractivity contribution in [2.24, 2.45) is 0 Å². The first-order valence-electron chi connectivity index (χ1n) is 11.5. The van der Waals surface area contributed by atoms with E-state index in [0.717, 1.165) is 42.2 Å². The molecule has 2 bridgehead atoms. The van der Waals surface area contributed by atoms with Gasteiger partial charge in [0.1, 0.15) is 0 Å². The summed E-state index contributed by atoms with van der Waals surface area (Å²) in [6.45, 7) is 10.8. The molecule has 5 heterocycles. The Hall–Kier alpha value is -2.35. The van der Waals surface area contributed by atoms with Gasteiger partial charge >= 0.3 is 0 Å². The second kappa shape index (κ2) is 9.25. The van der Waals surface area contributed by atoms with Crippen LogP contribution in [0.25, 0.3) is 4.85 Å². The lowest BCUT2D eigenvalue weighted by molar-refractivity contribution is 0.0394. The van der Waals surface area contributed by atoms with Gasteiger partial charge in [-0.25, -0.2) is 11.6 Å². The highest BCUT2D eigenvalue weighted by Gasteiger charge is 2.38. The highest BCUT2D eigenvalue weighted by atomic mass is 32.2. The summed E-state index contributed by atoms with van der Waals surface area (Å²) in [6.07, 6.45) is 6.78. The Labute approximate surface area is 192 Å². The molecule has 4 atom stereocenters. The molecule has 170 valence electrons. The molecule has 32 heavy (non-hydrogen) atoms. The van der Waals surface area contributed by atoms with Crippen molar-refractivity contribution in [3.8, 4) is 0 Å². The number of piperidine rings is 2. The Bertz CT molecular complexity index is 990. The van der Waals surface area contributed by atoms with Crippen molar-refractivity contribution < 1.29 is 5.11 Å². The van der Waals surface area contributed by atoms with Crippen LogP contribution in [0.15, 0.2) is 11.0 Å². The van der Waals surface area contributed by atoms with Crippen LogP contribution in [0.1, 0.15) is 50.4 Å². The summed E-state index contributed by atoms with van der Waals surface area (Å²) < 4.78 is 0. The van der Waals surface area contributed by atoms with Crippen LogP contribution in [-0.4, -0.2) is 66.6 Å². The fourth-order valence-electron chi connectivity index (χ4n) is 5.36. The number of nitrogens with zero attached hydrogens (tertiary/aromatic N) is 5. The average Bonchev–Trinajstić information content (AvgIpc) is 3.37. The van der Waals surface area contributed by atoms with E-state index >= 15 is 0 Å². The molecule has 9 nitrogen and oxygen atoms in total. The first kappa shape index (κ1) is 21.5. The molecule has 10 heteroatoms. The molecule has 2 fully saturated rings. The minimum Gasteiger partial charge on any atom is -0.390 e. The summed E-state index contributed by atoms with van der Waals surface area (Å²) in [6, 6.07) is 3.24. The summed E-state index contributed by atoms with van der Waals surface area (Å²) >= 11 is 1.79. The molecule has 0 amide bonds. The zero-order valence-electron chi connectivity index (χ0n) is 18.3. The summed E-state index contributed by atoms with van der Waals surface area (Å²) in [4.78, 5) is 17.0. The van der Waals surface area contributed by atoms with Crippen LogP contribution in [0, 0.1) is 6.57 Å². The molecule has 0 saturated carbocycles.